The van der Waals surface area contributed by atoms with Crippen LogP contribution < -0.4 is 14.2 Å². The van der Waals surface area contributed by atoms with Crippen molar-refractivity contribution in [2.45, 2.75) is 71.2 Å². The lowest BCUT2D eigenvalue weighted by molar-refractivity contribution is -0.144. The van der Waals surface area contributed by atoms with Crippen LogP contribution in [0.3, 0.4) is 0 Å². The molecule has 0 amide bonds. The molecule has 6 rings (SSSR count). The molecule has 9 nitrogen and oxygen atoms in total. The van der Waals surface area contributed by atoms with Gasteiger partial charge in [-0.15, -0.1) is 0 Å². The summed E-state index contributed by atoms with van der Waals surface area (Å²) in [4.78, 5) is 20.6. The number of hydrogen-bond donors (Lipinski definition) is 1. The fraction of sp³-hybridized carbons (Fsp3) is 0.390. The first-order valence-corrected chi connectivity index (χ1v) is 18.7. The Balaban J connectivity index is 1.19. The van der Waals surface area contributed by atoms with Gasteiger partial charge in [-0.1, -0.05) is 60.0 Å². The summed E-state index contributed by atoms with van der Waals surface area (Å²) < 4.78 is 18.8. The first-order chi connectivity index (χ1) is 25.3. The van der Waals surface area contributed by atoms with E-state index in [2.05, 4.69) is 16.0 Å². The van der Waals surface area contributed by atoms with Gasteiger partial charge in [-0.25, -0.2) is 0 Å². The number of pyridine rings is 1. The molecule has 3 aromatic carbocycles. The smallest absolute Gasteiger partial charge is 0.320 e. The summed E-state index contributed by atoms with van der Waals surface area (Å²) in [5.41, 5.74) is 5.78. The van der Waals surface area contributed by atoms with Crippen LogP contribution in [-0.4, -0.2) is 64.7 Å². The molecule has 0 spiro atoms. The van der Waals surface area contributed by atoms with Gasteiger partial charge in [-0.3, -0.25) is 14.7 Å². The largest absolute Gasteiger partial charge is 0.492 e. The van der Waals surface area contributed by atoms with Gasteiger partial charge >= 0.3 is 5.97 Å². The maximum Gasteiger partial charge on any atom is 0.320 e. The van der Waals surface area contributed by atoms with Crippen LogP contribution in [0.1, 0.15) is 66.3 Å². The third-order valence-corrected chi connectivity index (χ3v) is 10.5. The van der Waals surface area contributed by atoms with Crippen LogP contribution in [0.15, 0.2) is 67.0 Å². The summed E-state index contributed by atoms with van der Waals surface area (Å²) in [5, 5.41) is 20.2. The van der Waals surface area contributed by atoms with Crippen molar-refractivity contribution >= 4 is 29.2 Å². The number of ether oxygens (including phenoxy) is 3. The van der Waals surface area contributed by atoms with E-state index >= 15 is 0 Å². The van der Waals surface area contributed by atoms with Crippen molar-refractivity contribution in [3.05, 3.63) is 105 Å². The minimum Gasteiger partial charge on any atom is -0.492 e. The molecule has 0 radical (unpaired) electrons. The number of rotatable bonds is 15. The molecule has 4 aromatic rings. The normalized spacial score (nSPS) is 16.4. The maximum absolute atomic E-state index is 12.1. The van der Waals surface area contributed by atoms with E-state index in [0.29, 0.717) is 59.0 Å². The Kier molecular flexibility index (Phi) is 12.9. The number of aromatic nitrogens is 1. The van der Waals surface area contributed by atoms with E-state index < -0.39 is 12.0 Å². The molecule has 272 valence electrons. The molecular weight excluding hydrogens is 699 g/mol. The number of likely N-dealkylation sites (tertiary alicyclic amines) is 2. The molecule has 0 bridgehead atoms. The average molecular weight is 744 g/mol. The topological polar surface area (TPSA) is 108 Å². The average Bonchev–Trinajstić information content (AvgIpc) is 3.68. The Labute approximate surface area is 315 Å². The van der Waals surface area contributed by atoms with Crippen LogP contribution in [0.4, 0.5) is 0 Å². The second-order valence-electron chi connectivity index (χ2n) is 13.4. The Hall–Kier alpha value is -4.33. The predicted molar refractivity (Wildman–Crippen MR) is 202 cm³/mol. The van der Waals surface area contributed by atoms with E-state index in [0.717, 1.165) is 59.2 Å². The summed E-state index contributed by atoms with van der Waals surface area (Å²) in [6.45, 7) is 7.45. The number of carbonyl (C=O) groups is 1. The SMILES string of the molecule is Cc1c(COc2cc(OCc3cncc(C#N)c3)c(CN3CCCC[C@H]3C(=O)O)cc2Cl)cccc1-c1cccc(OCCCN2CCCC2)c1Cl. The van der Waals surface area contributed by atoms with Crippen molar-refractivity contribution in [1.29, 1.82) is 5.26 Å². The van der Waals surface area contributed by atoms with Crippen molar-refractivity contribution in [3.8, 4) is 34.4 Å². The molecule has 0 aliphatic carbocycles. The van der Waals surface area contributed by atoms with Gasteiger partial charge in [0.1, 0.15) is 42.6 Å². The molecular formula is C41H44Cl2N4O5. The zero-order valence-corrected chi connectivity index (χ0v) is 31.0. The highest BCUT2D eigenvalue weighted by Crippen LogP contribution is 2.39. The first-order valence-electron chi connectivity index (χ1n) is 17.9. The van der Waals surface area contributed by atoms with Crippen LogP contribution in [0.2, 0.25) is 10.0 Å². The molecule has 2 fully saturated rings. The maximum atomic E-state index is 12.1. The zero-order valence-electron chi connectivity index (χ0n) is 29.5. The Morgan fingerprint density at radius 1 is 0.904 bits per heavy atom. The zero-order chi connectivity index (χ0) is 36.5. The van der Waals surface area contributed by atoms with Crippen molar-refractivity contribution in [3.63, 3.8) is 0 Å². The van der Waals surface area contributed by atoms with Gasteiger partial charge in [0.2, 0.25) is 0 Å². The fourth-order valence-electron chi connectivity index (χ4n) is 7.01. The van der Waals surface area contributed by atoms with Crippen molar-refractivity contribution < 1.29 is 24.1 Å². The lowest BCUT2D eigenvalue weighted by atomic mass is 9.96. The van der Waals surface area contributed by atoms with Gasteiger partial charge in [-0.2, -0.15) is 5.26 Å². The molecule has 3 heterocycles. The minimum atomic E-state index is -0.835. The summed E-state index contributed by atoms with van der Waals surface area (Å²) in [6, 6.07) is 18.8. The van der Waals surface area contributed by atoms with E-state index in [1.165, 1.54) is 32.1 Å². The summed E-state index contributed by atoms with van der Waals surface area (Å²) in [7, 11) is 0. The van der Waals surface area contributed by atoms with Crippen LogP contribution in [0, 0.1) is 18.3 Å². The first kappa shape index (κ1) is 37.4. The highest BCUT2D eigenvalue weighted by Gasteiger charge is 2.29. The Morgan fingerprint density at radius 2 is 1.67 bits per heavy atom. The van der Waals surface area contributed by atoms with E-state index in [9.17, 15) is 15.2 Å². The lowest BCUT2D eigenvalue weighted by Gasteiger charge is -2.33. The fourth-order valence-corrected chi connectivity index (χ4v) is 7.53. The molecule has 2 saturated heterocycles. The van der Waals surface area contributed by atoms with Gasteiger partial charge in [0.25, 0.3) is 0 Å². The van der Waals surface area contributed by atoms with Gasteiger partial charge < -0.3 is 24.2 Å². The number of aliphatic carboxylic acids is 1. The summed E-state index contributed by atoms with van der Waals surface area (Å²) in [6.07, 6.45) is 9.04. The number of piperidine rings is 1. The summed E-state index contributed by atoms with van der Waals surface area (Å²) >= 11 is 13.8. The van der Waals surface area contributed by atoms with Crippen LogP contribution in [0.25, 0.3) is 11.1 Å². The number of benzene rings is 3. The lowest BCUT2D eigenvalue weighted by Crippen LogP contribution is -2.44. The Morgan fingerprint density at radius 3 is 2.48 bits per heavy atom. The number of halogens is 2. The second-order valence-corrected chi connectivity index (χ2v) is 14.2. The third-order valence-electron chi connectivity index (χ3n) is 9.86. The molecule has 2 aliphatic heterocycles. The van der Waals surface area contributed by atoms with Crippen molar-refractivity contribution in [1.82, 2.24) is 14.8 Å². The molecule has 0 unspecified atom stereocenters. The quantitative estimate of drug-likeness (QED) is 0.120. The monoisotopic (exact) mass is 742 g/mol. The number of hydrogen-bond acceptors (Lipinski definition) is 8. The van der Waals surface area contributed by atoms with Crippen LogP contribution in [-0.2, 0) is 24.6 Å². The van der Waals surface area contributed by atoms with Crippen molar-refractivity contribution in [2.24, 2.45) is 0 Å². The molecule has 1 atom stereocenters. The molecule has 52 heavy (non-hydrogen) atoms. The second kappa shape index (κ2) is 17.9. The van der Waals surface area contributed by atoms with Gasteiger partial charge in [0.05, 0.1) is 22.2 Å². The Bertz CT molecular complexity index is 1910. The number of carboxylic acids is 1. The standard InChI is InChI=1S/C41H44Cl2N4O5/c1-28-31(9-6-10-33(28)34-11-7-13-37(40(34)43)50-18-8-16-46-14-4-5-15-46)27-52-39-21-38(51-26-30-19-29(22-44)23-45-24-30)32(20-35(39)42)25-47-17-3-2-12-36(47)41(48)49/h6-7,9-11,13,19-21,23-24,36H,2-5,8,12,14-18,25-27H2,1H3,(H,48,49)/t36-/m0/s1. The molecule has 2 aliphatic rings. The number of carboxylic acid groups (broad SMARTS) is 1. The highest BCUT2D eigenvalue weighted by molar-refractivity contribution is 6.35. The molecule has 0 saturated carbocycles. The number of nitriles is 1. The minimum absolute atomic E-state index is 0.155. The van der Waals surface area contributed by atoms with Crippen LogP contribution >= 0.6 is 23.2 Å². The third kappa shape index (κ3) is 9.36. The molecule has 1 N–H and O–H groups in total. The highest BCUT2D eigenvalue weighted by atomic mass is 35.5. The van der Waals surface area contributed by atoms with E-state index in [1.807, 2.05) is 48.2 Å². The van der Waals surface area contributed by atoms with Gasteiger partial charge in [-0.05, 0) is 93.6 Å². The van der Waals surface area contributed by atoms with Crippen molar-refractivity contribution in [2.75, 3.05) is 32.8 Å². The molecule has 11 heteroatoms. The molecule has 1 aromatic heterocycles. The van der Waals surface area contributed by atoms with Gasteiger partial charge in [0, 0.05) is 48.2 Å². The van der Waals surface area contributed by atoms with E-state index in [1.54, 1.807) is 24.4 Å². The van der Waals surface area contributed by atoms with Gasteiger partial charge in [0.15, 0.2) is 0 Å². The predicted octanol–water partition coefficient (Wildman–Crippen LogP) is 8.70. The number of nitrogens with zero attached hydrogens (tertiary/aromatic N) is 4. The summed E-state index contributed by atoms with van der Waals surface area (Å²) in [5.74, 6) is 0.796. The van der Waals surface area contributed by atoms with E-state index in [-0.39, 0.29) is 13.2 Å². The van der Waals surface area contributed by atoms with Crippen LogP contribution in [0.5, 0.6) is 17.2 Å². The van der Waals surface area contributed by atoms with E-state index in [4.69, 9.17) is 37.4 Å².